The van der Waals surface area contributed by atoms with Crippen molar-refractivity contribution in [3.63, 3.8) is 0 Å². The summed E-state index contributed by atoms with van der Waals surface area (Å²) in [4.78, 5) is 11.9. The fourth-order valence-corrected chi connectivity index (χ4v) is 3.13. The number of benzene rings is 1. The Balaban J connectivity index is 2.41. The van der Waals surface area contributed by atoms with Crippen LogP contribution in [0.2, 0.25) is 0 Å². The molecule has 0 aromatic heterocycles. The van der Waals surface area contributed by atoms with E-state index in [9.17, 15) is 9.90 Å². The van der Waals surface area contributed by atoms with E-state index in [4.69, 9.17) is 0 Å². The van der Waals surface area contributed by atoms with Crippen molar-refractivity contribution in [2.75, 3.05) is 5.32 Å². The first-order valence-electron chi connectivity index (χ1n) is 6.96. The summed E-state index contributed by atoms with van der Waals surface area (Å²) < 4.78 is 0. The number of aliphatic carboxylic acids is 1. The summed E-state index contributed by atoms with van der Waals surface area (Å²) in [5.41, 5.74) is 0.904. The number of carboxylic acid groups (broad SMARTS) is 1. The molecule has 1 saturated carbocycles. The molecule has 1 aliphatic rings. The van der Waals surface area contributed by atoms with E-state index in [1.807, 2.05) is 31.2 Å². The van der Waals surface area contributed by atoms with Gasteiger partial charge in [-0.3, -0.25) is 0 Å². The molecule has 104 valence electrons. The number of aryl methyl sites for hydroxylation is 1. The molecule has 1 unspecified atom stereocenters. The number of nitrogens with one attached hydrogen (secondary N) is 1. The van der Waals surface area contributed by atoms with Gasteiger partial charge in [0.05, 0.1) is 0 Å². The molecule has 1 atom stereocenters. The number of carboxylic acids is 1. The summed E-state index contributed by atoms with van der Waals surface area (Å²) >= 11 is 0. The molecular formula is C16H23NO2. The van der Waals surface area contributed by atoms with Gasteiger partial charge in [-0.2, -0.15) is 0 Å². The normalized spacial score (nSPS) is 25.8. The topological polar surface area (TPSA) is 49.3 Å². The van der Waals surface area contributed by atoms with Gasteiger partial charge < -0.3 is 10.4 Å². The maximum Gasteiger partial charge on any atom is 0.329 e. The predicted molar refractivity (Wildman–Crippen MR) is 77.4 cm³/mol. The van der Waals surface area contributed by atoms with E-state index in [0.717, 1.165) is 30.5 Å². The number of hydrogen-bond donors (Lipinski definition) is 2. The first-order chi connectivity index (χ1) is 8.89. The van der Waals surface area contributed by atoms with E-state index in [-0.39, 0.29) is 5.41 Å². The Labute approximate surface area is 115 Å². The maximum atomic E-state index is 11.9. The molecule has 0 spiro atoms. The number of carbonyl (C=O) groups is 1. The molecule has 0 amide bonds. The van der Waals surface area contributed by atoms with Crippen LogP contribution in [0.1, 0.15) is 45.1 Å². The molecule has 0 heterocycles. The third kappa shape index (κ3) is 2.34. The lowest BCUT2D eigenvalue weighted by atomic mass is 9.63. The Morgan fingerprint density at radius 1 is 1.21 bits per heavy atom. The van der Waals surface area contributed by atoms with Crippen LogP contribution in [0.3, 0.4) is 0 Å². The zero-order valence-corrected chi connectivity index (χ0v) is 12.0. The van der Waals surface area contributed by atoms with Crippen LogP contribution in [0.4, 0.5) is 5.69 Å². The van der Waals surface area contributed by atoms with Crippen molar-refractivity contribution in [1.82, 2.24) is 0 Å². The average molecular weight is 261 g/mol. The quantitative estimate of drug-likeness (QED) is 0.869. The van der Waals surface area contributed by atoms with Crippen molar-refractivity contribution < 1.29 is 9.90 Å². The molecule has 2 rings (SSSR count). The summed E-state index contributed by atoms with van der Waals surface area (Å²) in [6, 6.07) is 7.89. The highest BCUT2D eigenvalue weighted by molar-refractivity contribution is 5.84. The van der Waals surface area contributed by atoms with Gasteiger partial charge in [-0.15, -0.1) is 0 Å². The lowest BCUT2D eigenvalue weighted by Crippen LogP contribution is -2.59. The maximum absolute atomic E-state index is 11.9. The summed E-state index contributed by atoms with van der Waals surface area (Å²) in [6.07, 6.45) is 3.70. The Bertz CT molecular complexity index is 481. The molecule has 3 heteroatoms. The summed E-state index contributed by atoms with van der Waals surface area (Å²) in [5.74, 6) is -0.736. The second-order valence-electron chi connectivity index (χ2n) is 6.24. The number of rotatable bonds is 3. The van der Waals surface area contributed by atoms with E-state index in [0.29, 0.717) is 6.42 Å². The van der Waals surface area contributed by atoms with Crippen molar-refractivity contribution in [3.05, 3.63) is 29.8 Å². The van der Waals surface area contributed by atoms with Gasteiger partial charge in [-0.25, -0.2) is 4.79 Å². The molecule has 19 heavy (non-hydrogen) atoms. The largest absolute Gasteiger partial charge is 0.479 e. The fraction of sp³-hybridized carbons (Fsp3) is 0.562. The highest BCUT2D eigenvalue weighted by Crippen LogP contribution is 2.46. The van der Waals surface area contributed by atoms with Gasteiger partial charge in [0, 0.05) is 5.69 Å². The van der Waals surface area contributed by atoms with Gasteiger partial charge >= 0.3 is 5.97 Å². The predicted octanol–water partition coefficient (Wildman–Crippen LogP) is 3.83. The van der Waals surface area contributed by atoms with Gasteiger partial charge in [-0.1, -0.05) is 44.9 Å². The van der Waals surface area contributed by atoms with Crippen molar-refractivity contribution in [2.24, 2.45) is 5.41 Å². The zero-order chi connectivity index (χ0) is 14.1. The average Bonchev–Trinajstić information content (AvgIpc) is 2.34. The molecule has 2 N–H and O–H groups in total. The summed E-state index contributed by atoms with van der Waals surface area (Å²) in [5, 5.41) is 13.2. The van der Waals surface area contributed by atoms with Crippen LogP contribution in [0, 0.1) is 12.3 Å². The minimum atomic E-state index is -0.864. The van der Waals surface area contributed by atoms with Crippen LogP contribution < -0.4 is 5.32 Å². The van der Waals surface area contributed by atoms with E-state index in [1.165, 1.54) is 0 Å². The molecule has 0 bridgehead atoms. The lowest BCUT2D eigenvalue weighted by Gasteiger charge is -2.48. The van der Waals surface area contributed by atoms with Gasteiger partial charge in [0.2, 0.25) is 0 Å². The minimum Gasteiger partial charge on any atom is -0.479 e. The molecule has 1 aromatic carbocycles. The lowest BCUT2D eigenvalue weighted by molar-refractivity contribution is -0.148. The van der Waals surface area contributed by atoms with Gasteiger partial charge in [-0.05, 0) is 36.8 Å². The standard InChI is InChI=1S/C16H23NO2/c1-12-8-4-5-9-13(12)17-16(14(18)19)11-7-6-10-15(16,2)3/h4-5,8-9,17H,6-7,10-11H2,1-3H3,(H,18,19). The van der Waals surface area contributed by atoms with Crippen LogP contribution in [0.25, 0.3) is 0 Å². The van der Waals surface area contributed by atoms with Crippen molar-refractivity contribution >= 4 is 11.7 Å². The Hall–Kier alpha value is -1.51. The van der Waals surface area contributed by atoms with Crippen LogP contribution in [0.5, 0.6) is 0 Å². The Kier molecular flexibility index (Phi) is 3.57. The Morgan fingerprint density at radius 3 is 2.42 bits per heavy atom. The summed E-state index contributed by atoms with van der Waals surface area (Å²) in [7, 11) is 0. The third-order valence-electron chi connectivity index (χ3n) is 4.62. The number of hydrogen-bond acceptors (Lipinski definition) is 2. The second-order valence-corrected chi connectivity index (χ2v) is 6.24. The van der Waals surface area contributed by atoms with Crippen LogP contribution in [-0.2, 0) is 4.79 Å². The van der Waals surface area contributed by atoms with E-state index in [2.05, 4.69) is 19.2 Å². The van der Waals surface area contributed by atoms with E-state index >= 15 is 0 Å². The SMILES string of the molecule is Cc1ccccc1NC1(C(=O)O)CCCCC1(C)C. The molecular weight excluding hydrogens is 238 g/mol. The fourth-order valence-electron chi connectivity index (χ4n) is 3.13. The van der Waals surface area contributed by atoms with E-state index < -0.39 is 11.5 Å². The molecule has 3 nitrogen and oxygen atoms in total. The van der Waals surface area contributed by atoms with Crippen molar-refractivity contribution in [3.8, 4) is 0 Å². The van der Waals surface area contributed by atoms with Gasteiger partial charge in [0.25, 0.3) is 0 Å². The van der Waals surface area contributed by atoms with Crippen LogP contribution >= 0.6 is 0 Å². The van der Waals surface area contributed by atoms with Gasteiger partial charge in [0.1, 0.15) is 5.54 Å². The van der Waals surface area contributed by atoms with Crippen molar-refractivity contribution in [1.29, 1.82) is 0 Å². The first-order valence-corrected chi connectivity index (χ1v) is 6.96. The molecule has 0 saturated heterocycles. The number of para-hydroxylation sites is 1. The first kappa shape index (κ1) is 13.9. The molecule has 1 aliphatic carbocycles. The Morgan fingerprint density at radius 2 is 1.84 bits per heavy atom. The highest BCUT2D eigenvalue weighted by atomic mass is 16.4. The minimum absolute atomic E-state index is 0.251. The van der Waals surface area contributed by atoms with Crippen molar-refractivity contribution in [2.45, 2.75) is 52.0 Å². The molecule has 1 fully saturated rings. The second kappa shape index (κ2) is 4.87. The summed E-state index contributed by atoms with van der Waals surface area (Å²) in [6.45, 7) is 6.13. The van der Waals surface area contributed by atoms with Crippen LogP contribution in [-0.4, -0.2) is 16.6 Å². The zero-order valence-electron chi connectivity index (χ0n) is 12.0. The van der Waals surface area contributed by atoms with E-state index in [1.54, 1.807) is 0 Å². The molecule has 0 radical (unpaired) electrons. The smallest absolute Gasteiger partial charge is 0.329 e. The molecule has 0 aliphatic heterocycles. The van der Waals surface area contributed by atoms with Crippen LogP contribution in [0.15, 0.2) is 24.3 Å². The monoisotopic (exact) mass is 261 g/mol. The van der Waals surface area contributed by atoms with Gasteiger partial charge in [0.15, 0.2) is 0 Å². The highest BCUT2D eigenvalue weighted by Gasteiger charge is 2.52. The third-order valence-corrected chi connectivity index (χ3v) is 4.62. The number of anilines is 1. The molecule has 1 aromatic rings.